The molecule has 140 valence electrons. The number of halogens is 1. The minimum Gasteiger partial charge on any atom is -0.371 e. The summed E-state index contributed by atoms with van der Waals surface area (Å²) < 4.78 is 5.98. The number of nitriles is 1. The number of carbonyl (C=O) groups is 1. The molecular weight excluding hydrogens is 364 g/mol. The summed E-state index contributed by atoms with van der Waals surface area (Å²) in [4.78, 5) is 18.2. The number of rotatable bonds is 4. The quantitative estimate of drug-likeness (QED) is 0.876. The number of methoxy groups -OCH3 is 1. The molecule has 1 aromatic carbocycles. The Kier molecular flexibility index (Phi) is 5.36. The van der Waals surface area contributed by atoms with Gasteiger partial charge in [-0.05, 0) is 31.2 Å². The van der Waals surface area contributed by atoms with E-state index in [1.165, 1.54) is 0 Å². The summed E-state index contributed by atoms with van der Waals surface area (Å²) >= 11 is 6.21. The number of aromatic nitrogens is 1. The fourth-order valence-electron chi connectivity index (χ4n) is 3.75. The van der Waals surface area contributed by atoms with Crippen LogP contribution in [0, 0.1) is 11.3 Å². The van der Waals surface area contributed by atoms with Crippen LogP contribution in [0.15, 0.2) is 36.5 Å². The zero-order chi connectivity index (χ0) is 19.6. The van der Waals surface area contributed by atoms with Crippen LogP contribution in [-0.4, -0.2) is 37.6 Å². The topological polar surface area (TPSA) is 78.2 Å². The number of hydrogen-bond acceptors (Lipinski definition) is 5. The van der Waals surface area contributed by atoms with E-state index in [1.54, 1.807) is 32.5 Å². The molecule has 2 heterocycles. The molecule has 0 spiro atoms. The zero-order valence-electron chi connectivity index (χ0n) is 15.5. The van der Waals surface area contributed by atoms with Crippen molar-refractivity contribution in [1.82, 2.24) is 10.3 Å². The van der Waals surface area contributed by atoms with Crippen molar-refractivity contribution in [3.05, 3.63) is 58.4 Å². The Hall–Kier alpha value is -2.62. The molecule has 1 saturated heterocycles. The highest BCUT2D eigenvalue weighted by Gasteiger charge is 2.47. The van der Waals surface area contributed by atoms with Gasteiger partial charge in [-0.15, -0.1) is 0 Å². The molecule has 0 unspecified atom stereocenters. The molecule has 3 rings (SSSR count). The Balaban J connectivity index is 1.92. The Morgan fingerprint density at radius 1 is 1.44 bits per heavy atom. The van der Waals surface area contributed by atoms with Crippen LogP contribution in [-0.2, 0) is 10.3 Å². The predicted octanol–water partition coefficient (Wildman–Crippen LogP) is 3.11. The fourth-order valence-corrected chi connectivity index (χ4v) is 3.97. The fraction of sp³-hybridized carbons (Fsp3) is 0.350. The second kappa shape index (κ2) is 7.55. The third-order valence-electron chi connectivity index (χ3n) is 5.35. The molecule has 1 aliphatic heterocycles. The lowest BCUT2D eigenvalue weighted by molar-refractivity contribution is -0.0180. The van der Waals surface area contributed by atoms with Gasteiger partial charge in [0, 0.05) is 44.6 Å². The Labute approximate surface area is 163 Å². The van der Waals surface area contributed by atoms with Crippen molar-refractivity contribution in [3.8, 4) is 6.07 Å². The highest BCUT2D eigenvalue weighted by Crippen LogP contribution is 2.43. The van der Waals surface area contributed by atoms with Crippen LogP contribution in [0.3, 0.4) is 0 Å². The van der Waals surface area contributed by atoms with Gasteiger partial charge in [0.15, 0.2) is 0 Å². The number of nitrogens with zero attached hydrogens (tertiary/aromatic N) is 3. The molecule has 6 nitrogen and oxygen atoms in total. The maximum absolute atomic E-state index is 11.7. The monoisotopic (exact) mass is 384 g/mol. The SMILES string of the molecule is CNC(=O)c1ccc([C@]2(OC)CCN(c3ccc(C#N)c(Cl)c3)[C@H]2C)cn1. The van der Waals surface area contributed by atoms with Crippen LogP contribution in [0.5, 0.6) is 0 Å². The van der Waals surface area contributed by atoms with Gasteiger partial charge in [0.2, 0.25) is 0 Å². The second-order valence-corrected chi connectivity index (χ2v) is 6.91. The molecule has 2 aromatic rings. The summed E-state index contributed by atoms with van der Waals surface area (Å²) in [6.07, 6.45) is 2.48. The summed E-state index contributed by atoms with van der Waals surface area (Å²) in [5, 5.41) is 12.1. The molecule has 0 radical (unpaired) electrons. The lowest BCUT2D eigenvalue weighted by Crippen LogP contribution is -2.42. The first-order chi connectivity index (χ1) is 13.0. The molecule has 1 fully saturated rings. The van der Waals surface area contributed by atoms with E-state index < -0.39 is 5.60 Å². The largest absolute Gasteiger partial charge is 0.371 e. The molecule has 1 aromatic heterocycles. The predicted molar refractivity (Wildman–Crippen MR) is 104 cm³/mol. The van der Waals surface area contributed by atoms with Crippen LogP contribution in [0.2, 0.25) is 5.02 Å². The molecule has 0 aliphatic carbocycles. The van der Waals surface area contributed by atoms with Gasteiger partial charge in [0.1, 0.15) is 17.4 Å². The first-order valence-corrected chi connectivity index (χ1v) is 9.04. The molecule has 1 amide bonds. The highest BCUT2D eigenvalue weighted by atomic mass is 35.5. The number of amides is 1. The van der Waals surface area contributed by atoms with Gasteiger partial charge in [0.05, 0.1) is 16.6 Å². The van der Waals surface area contributed by atoms with Gasteiger partial charge < -0.3 is 15.0 Å². The number of carbonyl (C=O) groups excluding carboxylic acids is 1. The highest BCUT2D eigenvalue weighted by molar-refractivity contribution is 6.32. The summed E-state index contributed by atoms with van der Waals surface area (Å²) in [7, 11) is 3.27. The molecule has 0 bridgehead atoms. The number of benzene rings is 1. The maximum Gasteiger partial charge on any atom is 0.269 e. The average molecular weight is 385 g/mol. The van der Waals surface area contributed by atoms with Gasteiger partial charge in [-0.2, -0.15) is 5.26 Å². The van der Waals surface area contributed by atoms with Crippen LogP contribution in [0.1, 0.15) is 35.0 Å². The maximum atomic E-state index is 11.7. The zero-order valence-corrected chi connectivity index (χ0v) is 16.2. The molecule has 1 aliphatic rings. The van der Waals surface area contributed by atoms with Crippen molar-refractivity contribution in [2.45, 2.75) is 25.0 Å². The Morgan fingerprint density at radius 3 is 2.78 bits per heavy atom. The molecular formula is C20H21ClN4O2. The van der Waals surface area contributed by atoms with Crippen molar-refractivity contribution in [2.24, 2.45) is 0 Å². The normalized spacial score (nSPS) is 21.7. The molecule has 27 heavy (non-hydrogen) atoms. The van der Waals surface area contributed by atoms with Crippen LogP contribution >= 0.6 is 11.6 Å². The van der Waals surface area contributed by atoms with E-state index in [0.717, 1.165) is 24.2 Å². The van der Waals surface area contributed by atoms with Crippen LogP contribution in [0.25, 0.3) is 0 Å². The Morgan fingerprint density at radius 2 is 2.22 bits per heavy atom. The molecule has 7 heteroatoms. The number of ether oxygens (including phenoxy) is 1. The minimum atomic E-state index is -0.547. The number of anilines is 1. The Bertz CT molecular complexity index is 894. The van der Waals surface area contributed by atoms with E-state index in [1.807, 2.05) is 18.2 Å². The third kappa shape index (κ3) is 3.25. The van der Waals surface area contributed by atoms with Gasteiger partial charge in [-0.1, -0.05) is 17.7 Å². The lowest BCUT2D eigenvalue weighted by Gasteiger charge is -2.36. The molecule has 1 N–H and O–H groups in total. The van der Waals surface area contributed by atoms with Gasteiger partial charge in [0.25, 0.3) is 5.91 Å². The smallest absolute Gasteiger partial charge is 0.269 e. The van der Waals surface area contributed by atoms with Crippen molar-refractivity contribution in [3.63, 3.8) is 0 Å². The van der Waals surface area contributed by atoms with Gasteiger partial charge in [-0.25, -0.2) is 0 Å². The number of pyridine rings is 1. The first kappa shape index (κ1) is 19.2. The van der Waals surface area contributed by atoms with E-state index in [2.05, 4.69) is 28.2 Å². The van der Waals surface area contributed by atoms with Gasteiger partial charge >= 0.3 is 0 Å². The van der Waals surface area contributed by atoms with E-state index >= 15 is 0 Å². The summed E-state index contributed by atoms with van der Waals surface area (Å²) in [6.45, 7) is 2.86. The van der Waals surface area contributed by atoms with Crippen molar-refractivity contribution >= 4 is 23.2 Å². The minimum absolute atomic E-state index is 0.0131. The van der Waals surface area contributed by atoms with E-state index in [4.69, 9.17) is 21.6 Å². The van der Waals surface area contributed by atoms with E-state index in [-0.39, 0.29) is 11.9 Å². The van der Waals surface area contributed by atoms with Crippen LogP contribution in [0.4, 0.5) is 5.69 Å². The second-order valence-electron chi connectivity index (χ2n) is 6.50. The van der Waals surface area contributed by atoms with Gasteiger partial charge in [-0.3, -0.25) is 9.78 Å². The van der Waals surface area contributed by atoms with E-state index in [9.17, 15) is 4.79 Å². The van der Waals surface area contributed by atoms with Crippen molar-refractivity contribution in [1.29, 1.82) is 5.26 Å². The summed E-state index contributed by atoms with van der Waals surface area (Å²) in [5.41, 5.74) is 2.15. The van der Waals surface area contributed by atoms with Crippen LogP contribution < -0.4 is 10.2 Å². The average Bonchev–Trinajstić information content (AvgIpc) is 3.04. The third-order valence-corrected chi connectivity index (χ3v) is 5.66. The lowest BCUT2D eigenvalue weighted by atomic mass is 9.87. The van der Waals surface area contributed by atoms with Crippen molar-refractivity contribution in [2.75, 3.05) is 25.6 Å². The molecule has 2 atom stereocenters. The standard InChI is InChI=1S/C20H21ClN4O2/c1-13-20(27-3,15-5-7-18(24-12-15)19(26)23-2)8-9-25(13)16-6-4-14(11-22)17(21)10-16/h4-7,10,12-13H,8-9H2,1-3H3,(H,23,26)/t13-,20-/m0/s1. The summed E-state index contributed by atoms with van der Waals surface area (Å²) in [5.74, 6) is -0.221. The summed E-state index contributed by atoms with van der Waals surface area (Å²) in [6, 6.07) is 11.2. The first-order valence-electron chi connectivity index (χ1n) is 8.67. The number of nitrogens with one attached hydrogen (secondary N) is 1. The number of hydrogen-bond donors (Lipinski definition) is 1. The van der Waals surface area contributed by atoms with E-state index in [0.29, 0.717) is 16.3 Å². The van der Waals surface area contributed by atoms with Crippen molar-refractivity contribution < 1.29 is 9.53 Å². The molecule has 0 saturated carbocycles.